The Labute approximate surface area is 174 Å². The summed E-state index contributed by atoms with van der Waals surface area (Å²) in [7, 11) is -3.26. The zero-order valence-corrected chi connectivity index (χ0v) is 18.7. The smallest absolute Gasteiger partial charge is 0.229 e. The third-order valence-electron chi connectivity index (χ3n) is 4.36. The van der Waals surface area contributed by atoms with E-state index in [2.05, 4.69) is 61.2 Å². The summed E-state index contributed by atoms with van der Waals surface area (Å²) in [6, 6.07) is 13.7. The van der Waals surface area contributed by atoms with E-state index in [9.17, 15) is 8.42 Å². The number of sulfonamides is 1. The van der Waals surface area contributed by atoms with Crippen molar-refractivity contribution in [3.05, 3.63) is 64.7 Å². The van der Waals surface area contributed by atoms with E-state index in [0.717, 1.165) is 11.8 Å². The van der Waals surface area contributed by atoms with Crippen LogP contribution in [0.25, 0.3) is 0 Å². The van der Waals surface area contributed by atoms with Crippen molar-refractivity contribution in [2.24, 2.45) is 0 Å². The molecule has 5 nitrogen and oxygen atoms in total. The molecule has 2 aromatic rings. The minimum absolute atomic E-state index is 0.139. The fourth-order valence-electron chi connectivity index (χ4n) is 2.69. The highest BCUT2D eigenvalue weighted by Crippen LogP contribution is 2.24. The lowest BCUT2D eigenvalue weighted by Gasteiger charge is -2.21. The van der Waals surface area contributed by atoms with Crippen molar-refractivity contribution in [2.45, 2.75) is 46.2 Å². The second kappa shape index (κ2) is 8.92. The summed E-state index contributed by atoms with van der Waals surface area (Å²) in [5.41, 5.74) is 5.48. The average molecular weight is 420 g/mol. The van der Waals surface area contributed by atoms with Gasteiger partial charge in [-0.15, -0.1) is 0 Å². The van der Waals surface area contributed by atoms with E-state index in [1.807, 2.05) is 12.1 Å². The zero-order chi connectivity index (χ0) is 20.9. The van der Waals surface area contributed by atoms with Crippen LogP contribution in [0.5, 0.6) is 0 Å². The molecule has 28 heavy (non-hydrogen) atoms. The molecular weight excluding hydrogens is 390 g/mol. The summed E-state index contributed by atoms with van der Waals surface area (Å²) in [4.78, 5) is 0. The van der Waals surface area contributed by atoms with Gasteiger partial charge in [-0.1, -0.05) is 51.1 Å². The van der Waals surface area contributed by atoms with Crippen LogP contribution in [0.4, 0.5) is 5.69 Å². The molecule has 0 atom stereocenters. The molecule has 0 amide bonds. The fourth-order valence-corrected chi connectivity index (χ4v) is 3.39. The lowest BCUT2D eigenvalue weighted by molar-refractivity contribution is 0.589. The number of hydrogen-bond donors (Lipinski definition) is 3. The predicted octanol–water partition coefficient (Wildman–Crippen LogP) is 3.83. The second-order valence-corrected chi connectivity index (χ2v) is 10.2. The van der Waals surface area contributed by atoms with Crippen LogP contribution in [0.15, 0.2) is 42.5 Å². The van der Waals surface area contributed by atoms with Gasteiger partial charge in [0.2, 0.25) is 10.0 Å². The fraction of sp³-hybridized carbons (Fsp3) is 0.381. The molecule has 0 spiro atoms. The molecule has 152 valence electrons. The Morgan fingerprint density at radius 3 is 2.14 bits per heavy atom. The molecule has 0 bridgehead atoms. The molecule has 0 fully saturated rings. The SMILES string of the molecule is Cc1cc(C(C)(C)C)ccc1CNC(=S)NCc1ccc(NS(C)(=O)=O)cc1. The number of aryl methyl sites for hydroxylation is 1. The summed E-state index contributed by atoms with van der Waals surface area (Å²) >= 11 is 5.36. The first kappa shape index (κ1) is 22.2. The lowest BCUT2D eigenvalue weighted by Crippen LogP contribution is -2.34. The molecule has 0 saturated carbocycles. The molecule has 3 N–H and O–H groups in total. The third-order valence-corrected chi connectivity index (χ3v) is 5.25. The van der Waals surface area contributed by atoms with Crippen molar-refractivity contribution in [1.29, 1.82) is 0 Å². The van der Waals surface area contributed by atoms with E-state index in [-0.39, 0.29) is 5.41 Å². The molecule has 0 aliphatic heterocycles. The first-order valence-electron chi connectivity index (χ1n) is 9.12. The number of nitrogens with one attached hydrogen (secondary N) is 3. The van der Waals surface area contributed by atoms with Gasteiger partial charge in [0.05, 0.1) is 6.26 Å². The first-order valence-corrected chi connectivity index (χ1v) is 11.4. The molecule has 0 aromatic heterocycles. The molecule has 0 aliphatic rings. The molecule has 2 rings (SSSR count). The highest BCUT2D eigenvalue weighted by atomic mass is 32.2. The summed E-state index contributed by atoms with van der Waals surface area (Å²) in [6.07, 6.45) is 1.13. The van der Waals surface area contributed by atoms with Gasteiger partial charge in [-0.05, 0) is 58.9 Å². The summed E-state index contributed by atoms with van der Waals surface area (Å²) in [6.45, 7) is 9.98. The summed E-state index contributed by atoms with van der Waals surface area (Å²) in [5.74, 6) is 0. The van der Waals surface area contributed by atoms with E-state index in [4.69, 9.17) is 12.2 Å². The minimum Gasteiger partial charge on any atom is -0.359 e. The van der Waals surface area contributed by atoms with Gasteiger partial charge in [0.15, 0.2) is 5.11 Å². The van der Waals surface area contributed by atoms with E-state index in [0.29, 0.717) is 23.9 Å². The maximum atomic E-state index is 11.2. The van der Waals surface area contributed by atoms with Crippen LogP contribution >= 0.6 is 12.2 Å². The van der Waals surface area contributed by atoms with Crippen molar-refractivity contribution in [1.82, 2.24) is 10.6 Å². The van der Waals surface area contributed by atoms with Crippen molar-refractivity contribution in [2.75, 3.05) is 11.0 Å². The van der Waals surface area contributed by atoms with Crippen LogP contribution < -0.4 is 15.4 Å². The monoisotopic (exact) mass is 419 g/mol. The van der Waals surface area contributed by atoms with Gasteiger partial charge in [-0.3, -0.25) is 4.72 Å². The van der Waals surface area contributed by atoms with Gasteiger partial charge in [0.25, 0.3) is 0 Å². The number of rotatable bonds is 6. The van der Waals surface area contributed by atoms with Gasteiger partial charge in [-0.25, -0.2) is 8.42 Å². The maximum absolute atomic E-state index is 11.2. The number of anilines is 1. The van der Waals surface area contributed by atoms with Crippen LogP contribution in [0.1, 0.15) is 43.0 Å². The van der Waals surface area contributed by atoms with Crippen molar-refractivity contribution in [3.63, 3.8) is 0 Å². The van der Waals surface area contributed by atoms with Crippen molar-refractivity contribution in [3.8, 4) is 0 Å². The van der Waals surface area contributed by atoms with Gasteiger partial charge in [-0.2, -0.15) is 0 Å². The Morgan fingerprint density at radius 2 is 1.61 bits per heavy atom. The molecular formula is C21H29N3O2S2. The minimum atomic E-state index is -3.26. The molecule has 2 aromatic carbocycles. The second-order valence-electron chi connectivity index (χ2n) is 8.00. The summed E-state index contributed by atoms with van der Waals surface area (Å²) < 4.78 is 24.9. The number of benzene rings is 2. The van der Waals surface area contributed by atoms with Gasteiger partial charge in [0, 0.05) is 18.8 Å². The maximum Gasteiger partial charge on any atom is 0.229 e. The van der Waals surface area contributed by atoms with E-state index >= 15 is 0 Å². The van der Waals surface area contributed by atoms with Crippen LogP contribution in [-0.4, -0.2) is 19.8 Å². The molecule has 0 saturated heterocycles. The molecule has 0 heterocycles. The highest BCUT2D eigenvalue weighted by Gasteiger charge is 2.14. The Balaban J connectivity index is 1.85. The quantitative estimate of drug-likeness (QED) is 0.621. The van der Waals surface area contributed by atoms with Crippen LogP contribution in [0.3, 0.4) is 0 Å². The lowest BCUT2D eigenvalue weighted by atomic mass is 9.85. The Kier molecular flexibility index (Phi) is 7.06. The van der Waals surface area contributed by atoms with E-state index in [1.165, 1.54) is 16.7 Å². The normalized spacial score (nSPS) is 11.8. The Morgan fingerprint density at radius 1 is 1.00 bits per heavy atom. The first-order chi connectivity index (χ1) is 12.9. The van der Waals surface area contributed by atoms with Crippen molar-refractivity contribution >= 4 is 33.0 Å². The standard InChI is InChI=1S/C21H29N3O2S2/c1-15-12-18(21(2,3)4)9-8-17(15)14-23-20(27)22-13-16-6-10-19(11-7-16)24-28(5,25)26/h6-12,24H,13-14H2,1-5H3,(H2,22,23,27). The molecule has 0 unspecified atom stereocenters. The van der Waals surface area contributed by atoms with Crippen LogP contribution in [0, 0.1) is 6.92 Å². The third kappa shape index (κ3) is 7.13. The van der Waals surface area contributed by atoms with Crippen LogP contribution in [-0.2, 0) is 28.5 Å². The average Bonchev–Trinajstić information content (AvgIpc) is 2.58. The molecule has 0 radical (unpaired) electrons. The molecule has 0 aliphatic carbocycles. The Hall–Kier alpha value is -2.12. The predicted molar refractivity (Wildman–Crippen MR) is 121 cm³/mol. The largest absolute Gasteiger partial charge is 0.359 e. The highest BCUT2D eigenvalue weighted by molar-refractivity contribution is 7.92. The Bertz CT molecular complexity index is 931. The molecule has 7 heteroatoms. The zero-order valence-electron chi connectivity index (χ0n) is 17.1. The number of hydrogen-bond acceptors (Lipinski definition) is 3. The van der Waals surface area contributed by atoms with Crippen LogP contribution in [0.2, 0.25) is 0 Å². The van der Waals surface area contributed by atoms with Gasteiger partial charge >= 0.3 is 0 Å². The topological polar surface area (TPSA) is 70.2 Å². The van der Waals surface area contributed by atoms with E-state index < -0.39 is 10.0 Å². The van der Waals surface area contributed by atoms with Gasteiger partial charge in [0.1, 0.15) is 0 Å². The van der Waals surface area contributed by atoms with E-state index in [1.54, 1.807) is 12.1 Å². The van der Waals surface area contributed by atoms with Crippen molar-refractivity contribution < 1.29 is 8.42 Å². The summed E-state index contributed by atoms with van der Waals surface area (Å²) in [5, 5.41) is 6.99. The number of thiocarbonyl (C=S) groups is 1. The van der Waals surface area contributed by atoms with Gasteiger partial charge < -0.3 is 10.6 Å².